The molecule has 0 aliphatic rings. The fourth-order valence-corrected chi connectivity index (χ4v) is 1.76. The maximum Gasteiger partial charge on any atom is 0.276 e. The van der Waals surface area contributed by atoms with Gasteiger partial charge in [-0.15, -0.1) is 0 Å². The van der Waals surface area contributed by atoms with E-state index in [-0.39, 0.29) is 5.56 Å². The summed E-state index contributed by atoms with van der Waals surface area (Å²) in [5.74, 6) is 0. The maximum atomic E-state index is 12.1. The van der Waals surface area contributed by atoms with Crippen LogP contribution in [0.15, 0.2) is 10.9 Å². The Kier molecular flexibility index (Phi) is 2.49. The molecular formula is C11H12N4O. The van der Waals surface area contributed by atoms with Crippen LogP contribution < -0.4 is 5.56 Å². The molecule has 0 saturated heterocycles. The fourth-order valence-electron chi connectivity index (χ4n) is 1.76. The van der Waals surface area contributed by atoms with Crippen LogP contribution in [0.3, 0.4) is 0 Å². The van der Waals surface area contributed by atoms with Gasteiger partial charge in [0.2, 0.25) is 0 Å². The van der Waals surface area contributed by atoms with Crippen LogP contribution in [0.5, 0.6) is 0 Å². The Morgan fingerprint density at radius 1 is 1.56 bits per heavy atom. The van der Waals surface area contributed by atoms with Crippen LogP contribution in [0.1, 0.15) is 23.4 Å². The molecule has 2 heterocycles. The van der Waals surface area contributed by atoms with Crippen molar-refractivity contribution in [2.45, 2.75) is 26.7 Å². The zero-order valence-corrected chi connectivity index (χ0v) is 9.24. The number of fused-ring (bicyclic) bond motifs is 1. The van der Waals surface area contributed by atoms with E-state index in [1.165, 1.54) is 4.52 Å². The van der Waals surface area contributed by atoms with E-state index in [0.29, 0.717) is 29.7 Å². The lowest BCUT2D eigenvalue weighted by molar-refractivity contribution is 0.829. The molecule has 82 valence electrons. The first kappa shape index (κ1) is 10.4. The predicted octanol–water partition coefficient (Wildman–Crippen LogP) is 1.10. The Labute approximate surface area is 92.3 Å². The number of nitrogens with zero attached hydrogens (tertiary/aromatic N) is 3. The van der Waals surface area contributed by atoms with Crippen molar-refractivity contribution < 1.29 is 0 Å². The first-order valence-electron chi connectivity index (χ1n) is 5.08. The van der Waals surface area contributed by atoms with Crippen molar-refractivity contribution in [2.24, 2.45) is 0 Å². The number of nitrogens with one attached hydrogen (secondary N) is 1. The van der Waals surface area contributed by atoms with Gasteiger partial charge in [0.1, 0.15) is 0 Å². The van der Waals surface area contributed by atoms with Gasteiger partial charge in [-0.2, -0.15) is 5.26 Å². The summed E-state index contributed by atoms with van der Waals surface area (Å²) in [5.41, 5.74) is 2.73. The highest BCUT2D eigenvalue weighted by Gasteiger charge is 2.10. The lowest BCUT2D eigenvalue weighted by atomic mass is 10.1. The third kappa shape index (κ3) is 1.58. The van der Waals surface area contributed by atoms with Gasteiger partial charge in [-0.25, -0.2) is 9.50 Å². The molecule has 0 fully saturated rings. The third-order valence-corrected chi connectivity index (χ3v) is 2.53. The number of H-pyrrole nitrogens is 1. The summed E-state index contributed by atoms with van der Waals surface area (Å²) in [6.45, 7) is 3.68. The summed E-state index contributed by atoms with van der Waals surface area (Å²) in [6.07, 6.45) is 0.790. The van der Waals surface area contributed by atoms with Crippen LogP contribution in [-0.2, 0) is 6.42 Å². The summed E-state index contributed by atoms with van der Waals surface area (Å²) in [6, 6.07) is 3.86. The van der Waals surface area contributed by atoms with Gasteiger partial charge in [0.05, 0.1) is 6.07 Å². The van der Waals surface area contributed by atoms with Crippen molar-refractivity contribution >= 4 is 5.65 Å². The second-order valence-electron chi connectivity index (χ2n) is 3.77. The number of aromatic nitrogens is 3. The van der Waals surface area contributed by atoms with Gasteiger partial charge >= 0.3 is 0 Å². The number of aromatic amines is 1. The summed E-state index contributed by atoms with van der Waals surface area (Å²) >= 11 is 0. The Balaban J connectivity index is 2.66. The van der Waals surface area contributed by atoms with Crippen LogP contribution in [0.2, 0.25) is 0 Å². The predicted molar refractivity (Wildman–Crippen MR) is 59.2 cm³/mol. The third-order valence-electron chi connectivity index (χ3n) is 2.53. The van der Waals surface area contributed by atoms with Crippen LogP contribution in [0, 0.1) is 25.2 Å². The summed E-state index contributed by atoms with van der Waals surface area (Å²) < 4.78 is 1.43. The fraction of sp³-hybridized carbons (Fsp3) is 0.364. The van der Waals surface area contributed by atoms with E-state index in [2.05, 4.69) is 10.1 Å². The second kappa shape index (κ2) is 3.81. The van der Waals surface area contributed by atoms with Crippen LogP contribution >= 0.6 is 0 Å². The van der Waals surface area contributed by atoms with Crippen molar-refractivity contribution in [3.05, 3.63) is 33.4 Å². The molecule has 0 aliphatic carbocycles. The molecule has 1 N–H and O–H groups in total. The molecule has 0 spiro atoms. The first-order valence-corrected chi connectivity index (χ1v) is 5.08. The van der Waals surface area contributed by atoms with Crippen molar-refractivity contribution in [1.82, 2.24) is 14.6 Å². The molecule has 0 bridgehead atoms. The van der Waals surface area contributed by atoms with Crippen molar-refractivity contribution in [3.63, 3.8) is 0 Å². The van der Waals surface area contributed by atoms with Crippen LogP contribution in [-0.4, -0.2) is 14.6 Å². The molecule has 5 heteroatoms. The highest BCUT2D eigenvalue weighted by molar-refractivity contribution is 5.41. The highest BCUT2D eigenvalue weighted by Crippen LogP contribution is 2.06. The van der Waals surface area contributed by atoms with E-state index in [1.54, 1.807) is 6.92 Å². The average Bonchev–Trinajstić information content (AvgIpc) is 2.59. The lowest BCUT2D eigenvalue weighted by Gasteiger charge is -2.02. The van der Waals surface area contributed by atoms with E-state index in [0.717, 1.165) is 5.69 Å². The van der Waals surface area contributed by atoms with Gasteiger partial charge in [-0.1, -0.05) is 0 Å². The summed E-state index contributed by atoms with van der Waals surface area (Å²) in [5, 5.41) is 11.5. The second-order valence-corrected chi connectivity index (χ2v) is 3.77. The normalized spacial score (nSPS) is 10.6. The van der Waals surface area contributed by atoms with Crippen LogP contribution in [0.25, 0.3) is 5.65 Å². The SMILES string of the molecule is Cc1cc2nc(C)c(CCC#N)c(=O)n2[nH]1. The molecule has 2 rings (SSSR count). The zero-order chi connectivity index (χ0) is 11.7. The molecule has 2 aromatic rings. The van der Waals surface area contributed by atoms with Gasteiger partial charge in [-0.3, -0.25) is 9.89 Å². The molecule has 0 saturated carbocycles. The molecule has 0 atom stereocenters. The van der Waals surface area contributed by atoms with Gasteiger partial charge in [0.15, 0.2) is 5.65 Å². The van der Waals surface area contributed by atoms with Gasteiger partial charge in [0.25, 0.3) is 5.56 Å². The minimum atomic E-state index is -0.106. The van der Waals surface area contributed by atoms with E-state index in [4.69, 9.17) is 5.26 Å². The van der Waals surface area contributed by atoms with Crippen molar-refractivity contribution in [1.29, 1.82) is 5.26 Å². The number of aryl methyl sites for hydroxylation is 2. The molecular weight excluding hydrogens is 204 g/mol. The minimum Gasteiger partial charge on any atom is -0.294 e. The number of nitriles is 1. The largest absolute Gasteiger partial charge is 0.294 e. The van der Waals surface area contributed by atoms with E-state index in [9.17, 15) is 4.79 Å². The number of hydrogen-bond donors (Lipinski definition) is 1. The molecule has 0 aromatic carbocycles. The summed E-state index contributed by atoms with van der Waals surface area (Å²) in [4.78, 5) is 16.4. The molecule has 0 aliphatic heterocycles. The number of hydrogen-bond acceptors (Lipinski definition) is 3. The lowest BCUT2D eigenvalue weighted by Crippen LogP contribution is -2.21. The minimum absolute atomic E-state index is 0.106. The number of rotatable bonds is 2. The Bertz CT molecular complexity index is 630. The Hall–Kier alpha value is -2.09. The highest BCUT2D eigenvalue weighted by atomic mass is 16.1. The van der Waals surface area contributed by atoms with Crippen molar-refractivity contribution in [3.8, 4) is 6.07 Å². The Morgan fingerprint density at radius 3 is 3.00 bits per heavy atom. The van der Waals surface area contributed by atoms with Gasteiger partial charge in [-0.05, 0) is 20.3 Å². The van der Waals surface area contributed by atoms with E-state index < -0.39 is 0 Å². The topological polar surface area (TPSA) is 73.9 Å². The molecule has 0 amide bonds. The molecule has 5 nitrogen and oxygen atoms in total. The van der Waals surface area contributed by atoms with E-state index in [1.807, 2.05) is 19.1 Å². The van der Waals surface area contributed by atoms with Crippen molar-refractivity contribution in [2.75, 3.05) is 0 Å². The van der Waals surface area contributed by atoms with E-state index >= 15 is 0 Å². The smallest absolute Gasteiger partial charge is 0.276 e. The van der Waals surface area contributed by atoms with Crippen LogP contribution in [0.4, 0.5) is 0 Å². The summed E-state index contributed by atoms with van der Waals surface area (Å²) in [7, 11) is 0. The monoisotopic (exact) mass is 216 g/mol. The molecule has 2 aromatic heterocycles. The maximum absolute atomic E-state index is 12.1. The van der Waals surface area contributed by atoms with Gasteiger partial charge in [0, 0.05) is 29.4 Å². The zero-order valence-electron chi connectivity index (χ0n) is 9.24. The molecule has 16 heavy (non-hydrogen) atoms. The van der Waals surface area contributed by atoms with Gasteiger partial charge < -0.3 is 0 Å². The average molecular weight is 216 g/mol. The molecule has 0 unspecified atom stereocenters. The Morgan fingerprint density at radius 2 is 2.31 bits per heavy atom. The first-order chi connectivity index (χ1) is 7.63. The molecule has 0 radical (unpaired) electrons. The standard InChI is InChI=1S/C11H12N4O/c1-7-6-10-13-8(2)9(4-3-5-12)11(16)15(10)14-7/h6,14H,3-4H2,1-2H3. The quantitative estimate of drug-likeness (QED) is 0.816.